The van der Waals surface area contributed by atoms with Gasteiger partial charge in [0.15, 0.2) is 0 Å². The smallest absolute Gasteiger partial charge is 0.0375 e. The van der Waals surface area contributed by atoms with Gasteiger partial charge in [0.05, 0.1) is 0 Å². The molecule has 1 saturated heterocycles. The highest BCUT2D eigenvalue weighted by molar-refractivity contribution is 7.97. The Balaban J connectivity index is 1.12. The van der Waals surface area contributed by atoms with Gasteiger partial charge in [0, 0.05) is 62.2 Å². The highest BCUT2D eigenvalue weighted by Crippen LogP contribution is 2.35. The highest BCUT2D eigenvalue weighted by Gasteiger charge is 2.31. The quantitative estimate of drug-likeness (QED) is 0.459. The number of anilines is 1. The van der Waals surface area contributed by atoms with Gasteiger partial charge in [-0.25, -0.2) is 4.31 Å². The summed E-state index contributed by atoms with van der Waals surface area (Å²) < 4.78 is 2.51. The van der Waals surface area contributed by atoms with Gasteiger partial charge in [-0.2, -0.15) is 0 Å². The molecule has 2 heterocycles. The van der Waals surface area contributed by atoms with Gasteiger partial charge < -0.3 is 4.90 Å². The molecule has 0 radical (unpaired) electrons. The van der Waals surface area contributed by atoms with Crippen molar-refractivity contribution in [2.24, 2.45) is 0 Å². The third-order valence-corrected chi connectivity index (χ3v) is 8.43. The number of hydrogen-bond acceptors (Lipinski definition) is 4. The summed E-state index contributed by atoms with van der Waals surface area (Å²) in [6, 6.07) is 10.4. The summed E-state index contributed by atoms with van der Waals surface area (Å²) in [6.07, 6.45) is 15.8. The third kappa shape index (κ3) is 4.87. The Kier molecular flexibility index (Phi) is 6.35. The van der Waals surface area contributed by atoms with Crippen molar-refractivity contribution in [2.45, 2.75) is 49.3 Å². The van der Waals surface area contributed by atoms with Crippen molar-refractivity contribution in [2.75, 3.05) is 44.2 Å². The molecular formula is C26H35N3S. The van der Waals surface area contributed by atoms with E-state index in [0.717, 1.165) is 25.6 Å². The first-order chi connectivity index (χ1) is 14.8. The van der Waals surface area contributed by atoms with Crippen LogP contribution in [0.5, 0.6) is 0 Å². The molecule has 1 aromatic carbocycles. The van der Waals surface area contributed by atoms with Crippen LogP contribution in [0.15, 0.2) is 60.7 Å². The van der Waals surface area contributed by atoms with E-state index in [4.69, 9.17) is 0 Å². The van der Waals surface area contributed by atoms with Crippen LogP contribution in [0, 0.1) is 0 Å². The summed E-state index contributed by atoms with van der Waals surface area (Å²) in [5.41, 5.74) is 4.28. The van der Waals surface area contributed by atoms with Crippen LogP contribution in [0.2, 0.25) is 0 Å². The van der Waals surface area contributed by atoms with Crippen LogP contribution in [0.3, 0.4) is 0 Å². The van der Waals surface area contributed by atoms with Gasteiger partial charge in [-0.1, -0.05) is 55.0 Å². The fraction of sp³-hybridized carbons (Fsp3) is 0.538. The SMILES string of the molecule is C=CC1=CCN(SC2C=CC(c3ccc(N4CCN(C5CC5)CC4)cc3)CC2)CC1. The first kappa shape index (κ1) is 20.4. The predicted octanol–water partition coefficient (Wildman–Crippen LogP) is 5.24. The lowest BCUT2D eigenvalue weighted by atomic mass is 9.89. The van der Waals surface area contributed by atoms with Gasteiger partial charge >= 0.3 is 0 Å². The molecule has 2 atom stereocenters. The Morgan fingerprint density at radius 3 is 2.30 bits per heavy atom. The lowest BCUT2D eigenvalue weighted by Crippen LogP contribution is -2.47. The molecule has 2 aliphatic carbocycles. The highest BCUT2D eigenvalue weighted by atomic mass is 32.2. The summed E-state index contributed by atoms with van der Waals surface area (Å²) in [6.45, 7) is 10.9. The van der Waals surface area contributed by atoms with Crippen molar-refractivity contribution in [1.29, 1.82) is 0 Å². The standard InChI is InChI=1S/C26H35N3S/c1-2-21-13-15-29(16-14-21)30-26-11-5-23(6-12-26)22-3-7-24(8-4-22)27-17-19-28(20-18-27)25-9-10-25/h2-5,7-8,11,13,23,25-26H,1,6,9-10,12,14-20H2. The number of hydrogen-bond donors (Lipinski definition) is 0. The molecule has 4 heteroatoms. The van der Waals surface area contributed by atoms with Crippen molar-refractivity contribution >= 4 is 17.6 Å². The lowest BCUT2D eigenvalue weighted by Gasteiger charge is -2.36. The van der Waals surface area contributed by atoms with Gasteiger partial charge in [-0.3, -0.25) is 4.90 Å². The molecule has 0 bridgehead atoms. The largest absolute Gasteiger partial charge is 0.369 e. The second-order valence-electron chi connectivity index (χ2n) is 9.18. The normalized spacial score (nSPS) is 28.4. The first-order valence-electron chi connectivity index (χ1n) is 11.8. The van der Waals surface area contributed by atoms with Crippen molar-refractivity contribution in [3.8, 4) is 0 Å². The zero-order valence-electron chi connectivity index (χ0n) is 18.1. The van der Waals surface area contributed by atoms with E-state index in [1.807, 2.05) is 18.0 Å². The monoisotopic (exact) mass is 421 g/mol. The van der Waals surface area contributed by atoms with E-state index in [2.05, 4.69) is 63.2 Å². The fourth-order valence-electron chi connectivity index (χ4n) is 5.02. The van der Waals surface area contributed by atoms with Gasteiger partial charge in [0.25, 0.3) is 0 Å². The van der Waals surface area contributed by atoms with Gasteiger partial charge in [-0.15, -0.1) is 0 Å². The van der Waals surface area contributed by atoms with Crippen molar-refractivity contribution in [1.82, 2.24) is 9.21 Å². The van der Waals surface area contributed by atoms with Crippen LogP contribution >= 0.6 is 11.9 Å². The molecule has 0 aromatic heterocycles. The Bertz CT molecular complexity index is 787. The molecule has 0 amide bonds. The molecule has 30 heavy (non-hydrogen) atoms. The second-order valence-corrected chi connectivity index (χ2v) is 10.5. The molecular weight excluding hydrogens is 386 g/mol. The molecule has 2 aliphatic heterocycles. The maximum Gasteiger partial charge on any atom is 0.0375 e. The van der Waals surface area contributed by atoms with E-state index >= 15 is 0 Å². The summed E-state index contributed by atoms with van der Waals surface area (Å²) in [5.74, 6) is 0.580. The minimum absolute atomic E-state index is 0.580. The van der Waals surface area contributed by atoms with Gasteiger partial charge in [-0.05, 0) is 55.4 Å². The maximum atomic E-state index is 3.90. The van der Waals surface area contributed by atoms with E-state index in [-0.39, 0.29) is 0 Å². The molecule has 160 valence electrons. The number of allylic oxidation sites excluding steroid dienone is 2. The third-order valence-electron chi connectivity index (χ3n) is 7.14. The number of piperazine rings is 1. The predicted molar refractivity (Wildman–Crippen MR) is 130 cm³/mol. The summed E-state index contributed by atoms with van der Waals surface area (Å²) in [5, 5.41) is 0.627. The van der Waals surface area contributed by atoms with Gasteiger partial charge in [0.1, 0.15) is 0 Å². The number of rotatable bonds is 6. The molecule has 4 aliphatic rings. The van der Waals surface area contributed by atoms with Crippen molar-refractivity contribution in [3.05, 3.63) is 66.3 Å². The van der Waals surface area contributed by atoms with E-state index in [1.54, 1.807) is 0 Å². The minimum atomic E-state index is 0.580. The molecule has 2 unspecified atom stereocenters. The van der Waals surface area contributed by atoms with E-state index in [1.165, 1.54) is 68.7 Å². The average molecular weight is 422 g/mol. The molecule has 3 nitrogen and oxygen atoms in total. The van der Waals surface area contributed by atoms with Crippen LogP contribution in [0.25, 0.3) is 0 Å². The first-order valence-corrected chi connectivity index (χ1v) is 12.6. The Morgan fingerprint density at radius 2 is 1.70 bits per heavy atom. The summed E-state index contributed by atoms with van der Waals surface area (Å²) >= 11 is 2.04. The van der Waals surface area contributed by atoms with Gasteiger partial charge in [0.2, 0.25) is 0 Å². The van der Waals surface area contributed by atoms with E-state index in [0.29, 0.717) is 11.2 Å². The molecule has 1 aromatic rings. The van der Waals surface area contributed by atoms with Crippen LogP contribution in [0.1, 0.15) is 43.6 Å². The maximum absolute atomic E-state index is 3.90. The lowest BCUT2D eigenvalue weighted by molar-refractivity contribution is 0.248. The second kappa shape index (κ2) is 9.33. The molecule has 1 saturated carbocycles. The zero-order chi connectivity index (χ0) is 20.3. The van der Waals surface area contributed by atoms with Crippen LogP contribution in [-0.4, -0.2) is 59.8 Å². The summed E-state index contributed by atoms with van der Waals surface area (Å²) in [7, 11) is 0. The number of nitrogens with zero attached hydrogens (tertiary/aromatic N) is 3. The van der Waals surface area contributed by atoms with Crippen LogP contribution < -0.4 is 4.90 Å². The molecule has 2 fully saturated rings. The minimum Gasteiger partial charge on any atom is -0.369 e. The van der Waals surface area contributed by atoms with Crippen LogP contribution in [0.4, 0.5) is 5.69 Å². The van der Waals surface area contributed by atoms with Crippen molar-refractivity contribution < 1.29 is 0 Å². The summed E-state index contributed by atoms with van der Waals surface area (Å²) in [4.78, 5) is 5.25. The van der Waals surface area contributed by atoms with Crippen molar-refractivity contribution in [3.63, 3.8) is 0 Å². The number of benzene rings is 1. The fourth-order valence-corrected chi connectivity index (χ4v) is 6.16. The molecule has 0 spiro atoms. The topological polar surface area (TPSA) is 9.72 Å². The Morgan fingerprint density at radius 1 is 0.900 bits per heavy atom. The Hall–Kier alpha value is -1.49. The average Bonchev–Trinajstić information content (AvgIpc) is 3.66. The zero-order valence-corrected chi connectivity index (χ0v) is 18.9. The Labute approximate surface area is 186 Å². The van der Waals surface area contributed by atoms with E-state index in [9.17, 15) is 0 Å². The molecule has 0 N–H and O–H groups in total. The van der Waals surface area contributed by atoms with E-state index < -0.39 is 0 Å². The van der Waals surface area contributed by atoms with Crippen LogP contribution in [-0.2, 0) is 0 Å². The molecule has 5 rings (SSSR count).